The third kappa shape index (κ3) is 4.60. The highest BCUT2D eigenvalue weighted by Crippen LogP contribution is 2.31. The van der Waals surface area contributed by atoms with E-state index >= 15 is 0 Å². The number of hydrogen-bond donors (Lipinski definition) is 2. The highest BCUT2D eigenvalue weighted by molar-refractivity contribution is 8.03. The first-order chi connectivity index (χ1) is 11.7. The molecule has 4 nitrogen and oxygen atoms in total. The lowest BCUT2D eigenvalue weighted by atomic mass is 10.1. The quantitative estimate of drug-likeness (QED) is 0.481. The minimum atomic E-state index is 0.0901. The van der Waals surface area contributed by atoms with Crippen LogP contribution in [-0.4, -0.2) is 0 Å². The summed E-state index contributed by atoms with van der Waals surface area (Å²) in [7, 11) is 0. The van der Waals surface area contributed by atoms with Crippen molar-refractivity contribution in [3.8, 4) is 12.1 Å². The first kappa shape index (κ1) is 17.6. The zero-order valence-electron chi connectivity index (χ0n) is 12.6. The molecular formula is C18H14N4S2. The lowest BCUT2D eigenvalue weighted by molar-refractivity contribution is 1.34. The molecular weight excluding hydrogens is 336 g/mol. The SMILES string of the molecule is N#CC(=C(\N)Sc1ccccc1)/C(C#N)=C(/N)Sc1ccccc1. The van der Waals surface area contributed by atoms with Crippen LogP contribution in [0.5, 0.6) is 0 Å². The summed E-state index contributed by atoms with van der Waals surface area (Å²) in [6.45, 7) is 0. The van der Waals surface area contributed by atoms with Gasteiger partial charge in [-0.3, -0.25) is 0 Å². The molecule has 0 fully saturated rings. The van der Waals surface area contributed by atoms with Crippen LogP contribution in [0, 0.1) is 22.7 Å². The molecule has 0 unspecified atom stereocenters. The third-order valence-electron chi connectivity index (χ3n) is 2.91. The van der Waals surface area contributed by atoms with Crippen molar-refractivity contribution in [2.24, 2.45) is 11.5 Å². The van der Waals surface area contributed by atoms with E-state index in [0.29, 0.717) is 0 Å². The van der Waals surface area contributed by atoms with Crippen LogP contribution >= 0.6 is 23.5 Å². The molecule has 4 N–H and O–H groups in total. The van der Waals surface area contributed by atoms with Gasteiger partial charge in [0, 0.05) is 9.79 Å². The molecule has 6 heteroatoms. The van der Waals surface area contributed by atoms with Gasteiger partial charge in [-0.2, -0.15) is 10.5 Å². The largest absolute Gasteiger partial charge is 0.392 e. The summed E-state index contributed by atoms with van der Waals surface area (Å²) in [4.78, 5) is 1.77. The lowest BCUT2D eigenvalue weighted by Gasteiger charge is -2.08. The van der Waals surface area contributed by atoms with Crippen LogP contribution in [0.4, 0.5) is 0 Å². The van der Waals surface area contributed by atoms with Gasteiger partial charge in [0.15, 0.2) is 0 Å². The van der Waals surface area contributed by atoms with E-state index in [1.54, 1.807) is 0 Å². The summed E-state index contributed by atoms with van der Waals surface area (Å²) in [5, 5.41) is 19.4. The maximum Gasteiger partial charge on any atom is 0.103 e. The second kappa shape index (κ2) is 8.73. The van der Waals surface area contributed by atoms with Crippen molar-refractivity contribution in [1.82, 2.24) is 0 Å². The van der Waals surface area contributed by atoms with Crippen molar-refractivity contribution in [3.63, 3.8) is 0 Å². The van der Waals surface area contributed by atoms with Crippen LogP contribution in [0.15, 0.2) is 91.7 Å². The van der Waals surface area contributed by atoms with E-state index in [0.717, 1.165) is 9.79 Å². The number of benzene rings is 2. The van der Waals surface area contributed by atoms with Gasteiger partial charge in [0.2, 0.25) is 0 Å². The molecule has 2 aromatic carbocycles. The molecule has 0 aliphatic carbocycles. The van der Waals surface area contributed by atoms with Crippen LogP contribution in [0.1, 0.15) is 0 Å². The summed E-state index contributed by atoms with van der Waals surface area (Å²) in [5.74, 6) is 0. The molecule has 0 amide bonds. The summed E-state index contributed by atoms with van der Waals surface area (Å²) in [5.41, 5.74) is 12.3. The van der Waals surface area contributed by atoms with Gasteiger partial charge >= 0.3 is 0 Å². The van der Waals surface area contributed by atoms with Crippen molar-refractivity contribution >= 4 is 23.5 Å². The number of thioether (sulfide) groups is 2. The second-order valence-corrected chi connectivity index (χ2v) is 6.76. The van der Waals surface area contributed by atoms with E-state index in [4.69, 9.17) is 11.5 Å². The van der Waals surface area contributed by atoms with Crippen LogP contribution in [0.2, 0.25) is 0 Å². The molecule has 0 aliphatic rings. The highest BCUT2D eigenvalue weighted by Gasteiger charge is 2.15. The number of rotatable bonds is 5. The van der Waals surface area contributed by atoms with Crippen LogP contribution < -0.4 is 11.5 Å². The standard InChI is InChI=1S/C18H14N4S2/c19-11-15(17(21)23-13-7-3-1-4-8-13)16(12-20)18(22)24-14-9-5-2-6-10-14/h1-10H,21-22H2/b17-15-,18-16-. The number of nitrogens with zero attached hydrogens (tertiary/aromatic N) is 2. The molecule has 0 saturated carbocycles. The van der Waals surface area contributed by atoms with E-state index < -0.39 is 0 Å². The molecule has 2 aromatic rings. The fraction of sp³-hybridized carbons (Fsp3) is 0. The zero-order chi connectivity index (χ0) is 17.4. The third-order valence-corrected chi connectivity index (χ3v) is 4.77. The molecule has 0 saturated heterocycles. The van der Waals surface area contributed by atoms with E-state index in [9.17, 15) is 10.5 Å². The lowest BCUT2D eigenvalue weighted by Crippen LogP contribution is -2.05. The Morgan fingerprint density at radius 3 is 1.29 bits per heavy atom. The molecule has 118 valence electrons. The molecule has 0 heterocycles. The normalized spacial score (nSPS) is 12.4. The zero-order valence-corrected chi connectivity index (χ0v) is 14.3. The minimum absolute atomic E-state index is 0.0901. The monoisotopic (exact) mass is 350 g/mol. The van der Waals surface area contributed by atoms with Gasteiger partial charge in [0.1, 0.15) is 23.3 Å². The number of nitriles is 2. The maximum absolute atomic E-state index is 9.44. The predicted octanol–water partition coefficient (Wildman–Crippen LogP) is 3.96. The van der Waals surface area contributed by atoms with Gasteiger partial charge in [0.05, 0.1) is 10.1 Å². The second-order valence-electron chi connectivity index (χ2n) is 4.53. The van der Waals surface area contributed by atoms with E-state index in [1.807, 2.05) is 72.8 Å². The molecule has 24 heavy (non-hydrogen) atoms. The van der Waals surface area contributed by atoms with Gasteiger partial charge < -0.3 is 11.5 Å². The highest BCUT2D eigenvalue weighted by atomic mass is 32.2. The van der Waals surface area contributed by atoms with E-state index in [-0.39, 0.29) is 21.2 Å². The molecule has 0 radical (unpaired) electrons. The molecule has 0 aromatic heterocycles. The Balaban J connectivity index is 2.35. The van der Waals surface area contributed by atoms with Gasteiger partial charge in [0.25, 0.3) is 0 Å². The smallest absolute Gasteiger partial charge is 0.103 e. The van der Waals surface area contributed by atoms with Crippen molar-refractivity contribution in [2.45, 2.75) is 9.79 Å². The summed E-state index contributed by atoms with van der Waals surface area (Å²) in [6.07, 6.45) is 0. The first-order valence-electron chi connectivity index (χ1n) is 6.91. The molecule has 0 aliphatic heterocycles. The Morgan fingerprint density at radius 2 is 1.00 bits per heavy atom. The van der Waals surface area contributed by atoms with Gasteiger partial charge in [-0.05, 0) is 24.3 Å². The van der Waals surface area contributed by atoms with Gasteiger partial charge in [-0.25, -0.2) is 0 Å². The summed E-state index contributed by atoms with van der Waals surface area (Å²) in [6, 6.07) is 22.8. The fourth-order valence-corrected chi connectivity index (χ4v) is 3.40. The fourth-order valence-electron chi connectivity index (χ4n) is 1.80. The van der Waals surface area contributed by atoms with Crippen molar-refractivity contribution in [1.29, 1.82) is 10.5 Å². The Morgan fingerprint density at radius 1 is 0.667 bits per heavy atom. The van der Waals surface area contributed by atoms with Crippen molar-refractivity contribution in [2.75, 3.05) is 0 Å². The molecule has 0 bridgehead atoms. The molecule has 0 atom stereocenters. The summed E-state index contributed by atoms with van der Waals surface area (Å²) >= 11 is 2.46. The Hall–Kier alpha value is -2.80. The average Bonchev–Trinajstić information content (AvgIpc) is 2.61. The Labute approximate surface area is 149 Å². The van der Waals surface area contributed by atoms with Crippen LogP contribution in [0.3, 0.4) is 0 Å². The number of nitrogens with two attached hydrogens (primary N) is 2. The topological polar surface area (TPSA) is 99.6 Å². The van der Waals surface area contributed by atoms with Crippen LogP contribution in [-0.2, 0) is 0 Å². The number of hydrogen-bond acceptors (Lipinski definition) is 6. The van der Waals surface area contributed by atoms with E-state index in [2.05, 4.69) is 0 Å². The van der Waals surface area contributed by atoms with Crippen molar-refractivity contribution in [3.05, 3.63) is 81.9 Å². The van der Waals surface area contributed by atoms with Crippen molar-refractivity contribution < 1.29 is 0 Å². The molecule has 0 spiro atoms. The first-order valence-corrected chi connectivity index (χ1v) is 8.55. The predicted molar refractivity (Wildman–Crippen MR) is 98.3 cm³/mol. The number of allylic oxidation sites excluding steroid dienone is 2. The van der Waals surface area contributed by atoms with E-state index in [1.165, 1.54) is 23.5 Å². The Kier molecular flexibility index (Phi) is 6.39. The van der Waals surface area contributed by atoms with Crippen LogP contribution in [0.25, 0.3) is 0 Å². The maximum atomic E-state index is 9.44. The van der Waals surface area contributed by atoms with Gasteiger partial charge in [-0.15, -0.1) is 0 Å². The average molecular weight is 350 g/mol. The minimum Gasteiger partial charge on any atom is -0.392 e. The molecule has 2 rings (SSSR count). The van der Waals surface area contributed by atoms with Gasteiger partial charge in [-0.1, -0.05) is 59.9 Å². The Bertz CT molecular complexity index is 771. The summed E-state index contributed by atoms with van der Waals surface area (Å²) < 4.78 is 0.